The molecule has 0 radical (unpaired) electrons. The Morgan fingerprint density at radius 1 is 1.33 bits per heavy atom. The molecule has 0 aromatic rings. The van der Waals surface area contributed by atoms with Gasteiger partial charge in [0.1, 0.15) is 11.6 Å². The van der Waals surface area contributed by atoms with Gasteiger partial charge in [0, 0.05) is 6.54 Å². The summed E-state index contributed by atoms with van der Waals surface area (Å²) in [6.07, 6.45) is 3.02. The van der Waals surface area contributed by atoms with Crippen molar-refractivity contribution < 1.29 is 19.4 Å². The maximum atomic E-state index is 12.3. The lowest BCUT2D eigenvalue weighted by Crippen LogP contribution is -2.53. The van der Waals surface area contributed by atoms with E-state index < -0.39 is 23.7 Å². The van der Waals surface area contributed by atoms with Crippen LogP contribution in [-0.2, 0) is 9.53 Å². The van der Waals surface area contributed by atoms with E-state index in [1.165, 1.54) is 4.90 Å². The largest absolute Gasteiger partial charge is 0.480 e. The lowest BCUT2D eigenvalue weighted by Gasteiger charge is -2.39. The van der Waals surface area contributed by atoms with Crippen molar-refractivity contribution in [1.29, 1.82) is 0 Å². The third-order valence-corrected chi connectivity index (χ3v) is 3.75. The fraction of sp³-hybridized carbons (Fsp3) is 0.875. The second kappa shape index (κ2) is 7.14. The lowest BCUT2D eigenvalue weighted by atomic mass is 9.84. The highest BCUT2D eigenvalue weighted by Gasteiger charge is 2.40. The molecule has 0 aliphatic carbocycles. The fourth-order valence-corrected chi connectivity index (χ4v) is 2.79. The third kappa shape index (κ3) is 5.56. The highest BCUT2D eigenvalue weighted by atomic mass is 16.6. The summed E-state index contributed by atoms with van der Waals surface area (Å²) >= 11 is 0. The SMILES string of the molecule is CC(C)CC[C@H]1CCCN(C(=O)OC(C)(C)C)[C@@H]1C(=O)O. The van der Waals surface area contributed by atoms with Crippen LogP contribution in [0.25, 0.3) is 0 Å². The Bertz CT molecular complexity index is 373. The van der Waals surface area contributed by atoms with Crippen molar-refractivity contribution in [2.45, 2.75) is 71.9 Å². The van der Waals surface area contributed by atoms with Gasteiger partial charge in [0.15, 0.2) is 0 Å². The summed E-state index contributed by atoms with van der Waals surface area (Å²) in [5, 5.41) is 9.54. The van der Waals surface area contributed by atoms with Crippen LogP contribution in [0.1, 0.15) is 60.3 Å². The molecule has 5 nitrogen and oxygen atoms in total. The molecule has 0 saturated carbocycles. The minimum atomic E-state index is -0.922. The average molecular weight is 299 g/mol. The topological polar surface area (TPSA) is 66.8 Å². The van der Waals surface area contributed by atoms with Crippen LogP contribution in [0.4, 0.5) is 4.79 Å². The number of hydrogen-bond donors (Lipinski definition) is 1. The molecule has 1 amide bonds. The van der Waals surface area contributed by atoms with Crippen LogP contribution in [0.3, 0.4) is 0 Å². The molecule has 1 rings (SSSR count). The Balaban J connectivity index is 2.81. The number of carbonyl (C=O) groups excluding carboxylic acids is 1. The second-order valence-electron chi connectivity index (χ2n) is 7.33. The summed E-state index contributed by atoms with van der Waals surface area (Å²) in [7, 11) is 0. The molecule has 5 heteroatoms. The van der Waals surface area contributed by atoms with Gasteiger partial charge in [0.25, 0.3) is 0 Å². The van der Waals surface area contributed by atoms with E-state index in [1.807, 2.05) is 0 Å². The summed E-state index contributed by atoms with van der Waals surface area (Å²) in [6.45, 7) is 10.1. The van der Waals surface area contributed by atoms with E-state index in [4.69, 9.17) is 4.74 Å². The number of ether oxygens (including phenoxy) is 1. The van der Waals surface area contributed by atoms with Gasteiger partial charge in [0.05, 0.1) is 0 Å². The number of rotatable bonds is 4. The predicted molar refractivity (Wildman–Crippen MR) is 81.2 cm³/mol. The third-order valence-electron chi connectivity index (χ3n) is 3.75. The van der Waals surface area contributed by atoms with Crippen LogP contribution in [0, 0.1) is 11.8 Å². The quantitative estimate of drug-likeness (QED) is 0.862. The van der Waals surface area contributed by atoms with Crippen LogP contribution in [0.15, 0.2) is 0 Å². The molecule has 1 fully saturated rings. The maximum absolute atomic E-state index is 12.3. The number of carbonyl (C=O) groups is 2. The Hall–Kier alpha value is -1.26. The molecular weight excluding hydrogens is 270 g/mol. The summed E-state index contributed by atoms with van der Waals surface area (Å²) in [5.41, 5.74) is -0.606. The summed E-state index contributed by atoms with van der Waals surface area (Å²) in [4.78, 5) is 25.3. The molecule has 21 heavy (non-hydrogen) atoms. The first-order valence-corrected chi connectivity index (χ1v) is 7.84. The molecule has 2 atom stereocenters. The van der Waals surface area contributed by atoms with Crippen molar-refractivity contribution in [2.75, 3.05) is 6.54 Å². The van der Waals surface area contributed by atoms with E-state index in [0.29, 0.717) is 12.5 Å². The maximum Gasteiger partial charge on any atom is 0.411 e. The number of aliphatic carboxylic acids is 1. The Morgan fingerprint density at radius 2 is 1.95 bits per heavy atom. The zero-order valence-corrected chi connectivity index (χ0v) is 13.9. The van der Waals surface area contributed by atoms with Gasteiger partial charge in [-0.05, 0) is 51.9 Å². The summed E-state index contributed by atoms with van der Waals surface area (Å²) in [5.74, 6) is -0.364. The van der Waals surface area contributed by atoms with E-state index in [2.05, 4.69) is 13.8 Å². The number of likely N-dealkylation sites (tertiary alicyclic amines) is 1. The van der Waals surface area contributed by atoms with Crippen molar-refractivity contribution in [3.05, 3.63) is 0 Å². The lowest BCUT2D eigenvalue weighted by molar-refractivity contribution is -0.147. The number of nitrogens with zero attached hydrogens (tertiary/aromatic N) is 1. The molecule has 0 aromatic heterocycles. The van der Waals surface area contributed by atoms with E-state index >= 15 is 0 Å². The van der Waals surface area contributed by atoms with E-state index in [0.717, 1.165) is 25.7 Å². The molecule has 122 valence electrons. The Labute approximate surface area is 127 Å². The zero-order valence-electron chi connectivity index (χ0n) is 13.9. The molecule has 0 bridgehead atoms. The summed E-state index contributed by atoms with van der Waals surface area (Å²) < 4.78 is 5.36. The van der Waals surface area contributed by atoms with Crippen molar-refractivity contribution >= 4 is 12.1 Å². The number of carboxylic acids is 1. The zero-order chi connectivity index (χ0) is 16.2. The molecule has 1 saturated heterocycles. The highest BCUT2D eigenvalue weighted by Crippen LogP contribution is 2.30. The van der Waals surface area contributed by atoms with Gasteiger partial charge in [-0.2, -0.15) is 0 Å². The van der Waals surface area contributed by atoms with E-state index in [1.54, 1.807) is 20.8 Å². The van der Waals surface area contributed by atoms with Gasteiger partial charge in [-0.1, -0.05) is 20.3 Å². The molecular formula is C16H29NO4. The van der Waals surface area contributed by atoms with Crippen molar-refractivity contribution in [3.8, 4) is 0 Å². The van der Waals surface area contributed by atoms with Gasteiger partial charge in [-0.3, -0.25) is 4.90 Å². The molecule has 0 spiro atoms. The molecule has 1 heterocycles. The molecule has 1 aliphatic heterocycles. The smallest absolute Gasteiger partial charge is 0.411 e. The molecule has 1 aliphatic rings. The van der Waals surface area contributed by atoms with Crippen LogP contribution >= 0.6 is 0 Å². The van der Waals surface area contributed by atoms with Gasteiger partial charge < -0.3 is 9.84 Å². The van der Waals surface area contributed by atoms with Crippen molar-refractivity contribution in [2.24, 2.45) is 11.8 Å². The molecule has 1 N–H and O–H groups in total. The minimum Gasteiger partial charge on any atom is -0.480 e. The van der Waals surface area contributed by atoms with Crippen molar-refractivity contribution in [1.82, 2.24) is 4.90 Å². The van der Waals surface area contributed by atoms with Crippen LogP contribution in [0.2, 0.25) is 0 Å². The minimum absolute atomic E-state index is 0.0196. The van der Waals surface area contributed by atoms with Gasteiger partial charge in [0.2, 0.25) is 0 Å². The van der Waals surface area contributed by atoms with Crippen LogP contribution < -0.4 is 0 Å². The fourth-order valence-electron chi connectivity index (χ4n) is 2.79. The normalized spacial score (nSPS) is 23.2. The van der Waals surface area contributed by atoms with Gasteiger partial charge in [-0.15, -0.1) is 0 Å². The number of piperidine rings is 1. The van der Waals surface area contributed by atoms with Crippen LogP contribution in [0.5, 0.6) is 0 Å². The highest BCUT2D eigenvalue weighted by molar-refractivity contribution is 5.80. The predicted octanol–water partition coefficient (Wildman–Crippen LogP) is 3.52. The van der Waals surface area contributed by atoms with Gasteiger partial charge >= 0.3 is 12.1 Å². The number of amides is 1. The Morgan fingerprint density at radius 3 is 2.43 bits per heavy atom. The first kappa shape index (κ1) is 17.8. The van der Waals surface area contributed by atoms with E-state index in [-0.39, 0.29) is 5.92 Å². The summed E-state index contributed by atoms with van der Waals surface area (Å²) in [6, 6.07) is -0.757. The Kier molecular flexibility index (Phi) is 6.05. The number of carboxylic acid groups (broad SMARTS) is 1. The van der Waals surface area contributed by atoms with E-state index in [9.17, 15) is 14.7 Å². The number of hydrogen-bond acceptors (Lipinski definition) is 3. The first-order chi connectivity index (χ1) is 9.61. The monoisotopic (exact) mass is 299 g/mol. The molecule has 0 unspecified atom stereocenters. The van der Waals surface area contributed by atoms with Gasteiger partial charge in [-0.25, -0.2) is 9.59 Å². The standard InChI is InChI=1S/C16H29NO4/c1-11(2)8-9-12-7-6-10-17(13(12)14(18)19)15(20)21-16(3,4)5/h11-13H,6-10H2,1-5H3,(H,18,19)/t12-,13+/m1/s1. The average Bonchev–Trinajstić information content (AvgIpc) is 2.33. The van der Waals surface area contributed by atoms with Crippen LogP contribution in [-0.4, -0.2) is 40.3 Å². The van der Waals surface area contributed by atoms with Crippen molar-refractivity contribution in [3.63, 3.8) is 0 Å². The first-order valence-electron chi connectivity index (χ1n) is 7.84. The second-order valence-corrected chi connectivity index (χ2v) is 7.33. The molecule has 0 aromatic carbocycles.